The van der Waals surface area contributed by atoms with Gasteiger partial charge in [0.1, 0.15) is 11.6 Å². The fourth-order valence-electron chi connectivity index (χ4n) is 5.65. The molecular formula is C28H29F2N3O3. The van der Waals surface area contributed by atoms with Gasteiger partial charge in [-0.05, 0) is 86.6 Å². The summed E-state index contributed by atoms with van der Waals surface area (Å²) in [6.07, 6.45) is 5.93. The Morgan fingerprint density at radius 2 is 2.00 bits per heavy atom. The molecule has 2 aliphatic rings. The number of hydrogen-bond acceptors (Lipinski definition) is 4. The number of carbonyl (C=O) groups is 1. The smallest absolute Gasteiger partial charge is 0.411 e. The average Bonchev–Trinajstić information content (AvgIpc) is 3.36. The van der Waals surface area contributed by atoms with Crippen molar-refractivity contribution in [1.29, 1.82) is 0 Å². The van der Waals surface area contributed by atoms with E-state index in [4.69, 9.17) is 4.74 Å². The minimum atomic E-state index is -1.01. The van der Waals surface area contributed by atoms with Gasteiger partial charge < -0.3 is 9.84 Å². The molecule has 1 amide bonds. The summed E-state index contributed by atoms with van der Waals surface area (Å²) in [5.74, 6) is -0.841. The molecule has 188 valence electrons. The van der Waals surface area contributed by atoms with E-state index < -0.39 is 22.9 Å². The van der Waals surface area contributed by atoms with Crippen molar-refractivity contribution in [3.05, 3.63) is 82.7 Å². The molecule has 0 bridgehead atoms. The van der Waals surface area contributed by atoms with Crippen LogP contribution >= 0.6 is 0 Å². The third-order valence-electron chi connectivity index (χ3n) is 7.77. The Morgan fingerprint density at radius 1 is 1.22 bits per heavy atom. The number of aromatic nitrogens is 2. The van der Waals surface area contributed by atoms with Gasteiger partial charge in [0.15, 0.2) is 0 Å². The number of hydrogen-bond donors (Lipinski definition) is 2. The molecule has 1 aromatic heterocycles. The molecule has 3 aromatic rings. The number of aliphatic hydroxyl groups is 1. The molecule has 1 heterocycles. The number of halogens is 2. The standard InChI is InChI=1S/C28H29F2N3O3/c1-3-36-26(34)32-25-18(5-4-6-23(25)30)11-13-28(35)14-12-20-15-24-19(16-27(20,28)2)17-31-33(24)22-9-7-21(29)8-10-22/h4-10,15,17,35H,3,11-14,16H2,1-2H3,(H,32,34)/t27-,28-/m0/s1. The molecule has 0 aliphatic heterocycles. The van der Waals surface area contributed by atoms with Gasteiger partial charge in [0.05, 0.1) is 35.5 Å². The molecule has 0 spiro atoms. The topological polar surface area (TPSA) is 76.4 Å². The van der Waals surface area contributed by atoms with E-state index >= 15 is 0 Å². The summed E-state index contributed by atoms with van der Waals surface area (Å²) >= 11 is 0. The third-order valence-corrected chi connectivity index (χ3v) is 7.77. The molecular weight excluding hydrogens is 464 g/mol. The zero-order valence-corrected chi connectivity index (χ0v) is 20.4. The first-order chi connectivity index (χ1) is 17.2. The number of amides is 1. The van der Waals surface area contributed by atoms with E-state index in [9.17, 15) is 18.7 Å². The van der Waals surface area contributed by atoms with Crippen molar-refractivity contribution >= 4 is 17.9 Å². The highest BCUT2D eigenvalue weighted by atomic mass is 19.1. The number of ether oxygens (including phenoxy) is 1. The average molecular weight is 494 g/mol. The van der Waals surface area contributed by atoms with E-state index in [2.05, 4.69) is 23.4 Å². The van der Waals surface area contributed by atoms with Crippen LogP contribution in [-0.4, -0.2) is 33.2 Å². The Kier molecular flexibility index (Phi) is 6.16. The summed E-state index contributed by atoms with van der Waals surface area (Å²) in [4.78, 5) is 11.9. The second-order valence-corrected chi connectivity index (χ2v) is 9.77. The summed E-state index contributed by atoms with van der Waals surface area (Å²) in [7, 11) is 0. The third kappa shape index (κ3) is 4.09. The van der Waals surface area contributed by atoms with Crippen LogP contribution < -0.4 is 5.32 Å². The highest BCUT2D eigenvalue weighted by molar-refractivity contribution is 5.85. The van der Waals surface area contributed by atoms with Gasteiger partial charge in [-0.3, -0.25) is 5.32 Å². The molecule has 2 aromatic carbocycles. The van der Waals surface area contributed by atoms with E-state index in [0.717, 1.165) is 28.9 Å². The number of rotatable bonds is 6. The van der Waals surface area contributed by atoms with Crippen LogP contribution in [0.25, 0.3) is 11.8 Å². The molecule has 2 atom stereocenters. The van der Waals surface area contributed by atoms with Gasteiger partial charge in [-0.15, -0.1) is 0 Å². The van der Waals surface area contributed by atoms with Gasteiger partial charge in [-0.25, -0.2) is 18.3 Å². The van der Waals surface area contributed by atoms with Gasteiger partial charge in [0.25, 0.3) is 0 Å². The SMILES string of the molecule is CCOC(=O)Nc1c(F)cccc1CC[C@]1(O)CCC2=Cc3c(cnn3-c3ccc(F)cc3)C[C@@]21C. The quantitative estimate of drug-likeness (QED) is 0.454. The van der Waals surface area contributed by atoms with E-state index in [1.165, 1.54) is 18.2 Å². The summed E-state index contributed by atoms with van der Waals surface area (Å²) in [6, 6.07) is 10.9. The second kappa shape index (κ2) is 9.17. The summed E-state index contributed by atoms with van der Waals surface area (Å²) in [6.45, 7) is 3.94. The fourth-order valence-corrected chi connectivity index (χ4v) is 5.65. The lowest BCUT2D eigenvalue weighted by Crippen LogP contribution is -2.45. The van der Waals surface area contributed by atoms with Crippen LogP contribution in [0.3, 0.4) is 0 Å². The zero-order valence-electron chi connectivity index (χ0n) is 20.4. The highest BCUT2D eigenvalue weighted by Crippen LogP contribution is 2.57. The van der Waals surface area contributed by atoms with Crippen molar-refractivity contribution in [2.45, 2.75) is 51.6 Å². The number of anilines is 1. The molecule has 6 nitrogen and oxygen atoms in total. The molecule has 1 saturated carbocycles. The van der Waals surface area contributed by atoms with E-state index in [1.54, 1.807) is 35.9 Å². The first-order valence-electron chi connectivity index (χ1n) is 12.2. The molecule has 36 heavy (non-hydrogen) atoms. The van der Waals surface area contributed by atoms with Crippen molar-refractivity contribution in [3.8, 4) is 5.69 Å². The summed E-state index contributed by atoms with van der Waals surface area (Å²) < 4.78 is 34.7. The maximum Gasteiger partial charge on any atom is 0.411 e. The number of fused-ring (bicyclic) bond motifs is 2. The largest absolute Gasteiger partial charge is 0.450 e. The maximum absolute atomic E-state index is 14.5. The fraction of sp³-hybridized carbons (Fsp3) is 0.357. The van der Waals surface area contributed by atoms with Crippen LogP contribution in [0, 0.1) is 17.0 Å². The lowest BCUT2D eigenvalue weighted by molar-refractivity contribution is -0.0461. The highest BCUT2D eigenvalue weighted by Gasteiger charge is 2.54. The van der Waals surface area contributed by atoms with Crippen LogP contribution in [0.4, 0.5) is 19.3 Å². The van der Waals surface area contributed by atoms with Crippen LogP contribution in [0.5, 0.6) is 0 Å². The monoisotopic (exact) mass is 493 g/mol. The number of para-hydroxylation sites is 1. The van der Waals surface area contributed by atoms with Gasteiger partial charge in [-0.1, -0.05) is 24.6 Å². The molecule has 5 rings (SSSR count). The lowest BCUT2D eigenvalue weighted by atomic mass is 9.65. The molecule has 0 saturated heterocycles. The predicted octanol–water partition coefficient (Wildman–Crippen LogP) is 5.82. The first-order valence-corrected chi connectivity index (χ1v) is 12.2. The predicted molar refractivity (Wildman–Crippen MR) is 133 cm³/mol. The molecule has 2 N–H and O–H groups in total. The molecule has 0 radical (unpaired) electrons. The van der Waals surface area contributed by atoms with Crippen molar-refractivity contribution in [2.24, 2.45) is 5.41 Å². The lowest BCUT2D eigenvalue weighted by Gasteiger charge is -2.42. The number of nitrogens with one attached hydrogen (secondary N) is 1. The Balaban J connectivity index is 1.39. The number of carbonyl (C=O) groups excluding carboxylic acids is 1. The first kappa shape index (κ1) is 24.2. The van der Waals surface area contributed by atoms with Gasteiger partial charge in [-0.2, -0.15) is 5.10 Å². The maximum atomic E-state index is 14.5. The van der Waals surface area contributed by atoms with Crippen LogP contribution in [0.2, 0.25) is 0 Å². The minimum absolute atomic E-state index is 0.0879. The number of aryl methyl sites for hydroxylation is 1. The molecule has 0 unspecified atom stereocenters. The van der Waals surface area contributed by atoms with Gasteiger partial charge >= 0.3 is 6.09 Å². The van der Waals surface area contributed by atoms with Crippen molar-refractivity contribution < 1.29 is 23.4 Å². The molecule has 8 heteroatoms. The van der Waals surface area contributed by atoms with E-state index in [0.29, 0.717) is 31.2 Å². The molecule has 2 aliphatic carbocycles. The minimum Gasteiger partial charge on any atom is -0.450 e. The van der Waals surface area contributed by atoms with Crippen molar-refractivity contribution in [1.82, 2.24) is 9.78 Å². The Bertz CT molecular complexity index is 1330. The second-order valence-electron chi connectivity index (χ2n) is 9.77. The number of nitrogens with zero attached hydrogens (tertiary/aromatic N) is 2. The van der Waals surface area contributed by atoms with E-state index in [-0.39, 0.29) is 18.1 Å². The van der Waals surface area contributed by atoms with Gasteiger partial charge in [0.2, 0.25) is 0 Å². The Hall–Kier alpha value is -3.52. The Morgan fingerprint density at radius 3 is 2.75 bits per heavy atom. The van der Waals surface area contributed by atoms with Gasteiger partial charge in [0, 0.05) is 5.41 Å². The Labute approximate surface area is 208 Å². The van der Waals surface area contributed by atoms with Crippen molar-refractivity contribution in [2.75, 3.05) is 11.9 Å². The normalized spacial score (nSPS) is 22.5. The molecule has 1 fully saturated rings. The van der Waals surface area contributed by atoms with Crippen LogP contribution in [-0.2, 0) is 17.6 Å². The zero-order chi connectivity index (χ0) is 25.5. The van der Waals surface area contributed by atoms with Crippen LogP contribution in [0.1, 0.15) is 49.9 Å². The summed E-state index contributed by atoms with van der Waals surface area (Å²) in [5, 5.41) is 18.9. The van der Waals surface area contributed by atoms with Crippen molar-refractivity contribution in [3.63, 3.8) is 0 Å². The number of benzene rings is 2. The summed E-state index contributed by atoms with van der Waals surface area (Å²) in [5.41, 5.74) is 3.07. The van der Waals surface area contributed by atoms with Crippen LogP contribution in [0.15, 0.2) is 54.2 Å². The van der Waals surface area contributed by atoms with E-state index in [1.807, 2.05) is 6.20 Å².